The van der Waals surface area contributed by atoms with Crippen LogP contribution < -0.4 is 0 Å². The van der Waals surface area contributed by atoms with E-state index in [0.717, 1.165) is 12.8 Å². The van der Waals surface area contributed by atoms with Gasteiger partial charge in [0.1, 0.15) is 0 Å². The Labute approximate surface area is 64.1 Å². The summed E-state index contributed by atoms with van der Waals surface area (Å²) in [6.45, 7) is 0. The summed E-state index contributed by atoms with van der Waals surface area (Å²) in [5, 5.41) is 9.45. The van der Waals surface area contributed by atoms with Gasteiger partial charge in [0.2, 0.25) is 0 Å². The van der Waals surface area contributed by atoms with Crippen molar-refractivity contribution < 1.29 is 9.90 Å². The van der Waals surface area contributed by atoms with Gasteiger partial charge in [0.05, 0.1) is 0 Å². The van der Waals surface area contributed by atoms with Gasteiger partial charge in [0.25, 0.3) is 0 Å². The maximum absolute atomic E-state index is 9.97. The van der Waals surface area contributed by atoms with Gasteiger partial charge in [-0.1, -0.05) is 0 Å². The molecule has 0 saturated carbocycles. The van der Waals surface area contributed by atoms with Gasteiger partial charge in [-0.15, -0.1) is 0 Å². The average molecular weight is 192 g/mol. The summed E-state index contributed by atoms with van der Waals surface area (Å²) in [7, 11) is 0. The van der Waals surface area contributed by atoms with Crippen LogP contribution in [0.4, 0.5) is 0 Å². The van der Waals surface area contributed by atoms with Gasteiger partial charge in [0.15, 0.2) is 0 Å². The number of carboxylic acid groups (broad SMARTS) is 1. The molecule has 54 valence electrons. The summed E-state index contributed by atoms with van der Waals surface area (Å²) in [6.07, 6.45) is 3.45. The molecule has 0 amide bonds. The van der Waals surface area contributed by atoms with Crippen LogP contribution in [0.15, 0.2) is 0 Å². The van der Waals surface area contributed by atoms with E-state index in [4.69, 9.17) is 5.11 Å². The third-order valence-corrected chi connectivity index (χ3v) is 1.95. The molecule has 0 spiro atoms. The van der Waals surface area contributed by atoms with Crippen molar-refractivity contribution in [1.29, 1.82) is 0 Å². The van der Waals surface area contributed by atoms with Crippen LogP contribution in [0.3, 0.4) is 0 Å². The van der Waals surface area contributed by atoms with Gasteiger partial charge in [-0.05, 0) is 0 Å². The van der Waals surface area contributed by atoms with Gasteiger partial charge in [-0.2, -0.15) is 0 Å². The molecule has 1 atom stereocenters. The fourth-order valence-electron chi connectivity index (χ4n) is 0.597. The monoisotopic (exact) mass is 192 g/mol. The summed E-state index contributed by atoms with van der Waals surface area (Å²) in [5.74, 6) is -0.670. The van der Waals surface area contributed by atoms with Crippen molar-refractivity contribution in [2.45, 2.75) is 30.9 Å². The first-order valence-corrected chi connectivity index (χ1v) is 4.90. The molecule has 0 rings (SSSR count). The minimum atomic E-state index is -0.670. The van der Waals surface area contributed by atoms with Crippen LogP contribution in [0.25, 0.3) is 0 Å². The molecule has 0 aliphatic rings. The summed E-state index contributed by atoms with van der Waals surface area (Å²) in [4.78, 5) is 9.97. The van der Waals surface area contributed by atoms with Crippen LogP contribution in [0.1, 0.15) is 25.7 Å². The SMILES string of the molecule is O=C(O)CCCCC[AsH2]. The molecule has 0 heterocycles. The second-order valence-electron chi connectivity index (χ2n) is 1.99. The molecular weight excluding hydrogens is 179 g/mol. The molecule has 0 bridgehead atoms. The van der Waals surface area contributed by atoms with Crippen molar-refractivity contribution >= 4 is 22.8 Å². The van der Waals surface area contributed by atoms with E-state index in [2.05, 4.69) is 0 Å². The van der Waals surface area contributed by atoms with E-state index in [0.29, 0.717) is 6.42 Å². The van der Waals surface area contributed by atoms with Gasteiger partial charge in [-0.25, -0.2) is 0 Å². The molecule has 9 heavy (non-hydrogen) atoms. The first kappa shape index (κ1) is 9.03. The van der Waals surface area contributed by atoms with Crippen molar-refractivity contribution in [3.8, 4) is 0 Å². The van der Waals surface area contributed by atoms with E-state index in [-0.39, 0.29) is 0 Å². The molecule has 0 aromatic carbocycles. The van der Waals surface area contributed by atoms with Crippen LogP contribution in [0.5, 0.6) is 0 Å². The summed E-state index contributed by atoms with van der Waals surface area (Å²) in [5.41, 5.74) is 0. The minimum absolute atomic E-state index is 0.340. The molecule has 1 N–H and O–H groups in total. The topological polar surface area (TPSA) is 37.3 Å². The third kappa shape index (κ3) is 8.03. The van der Waals surface area contributed by atoms with E-state index >= 15 is 0 Å². The summed E-state index contributed by atoms with van der Waals surface area (Å²) < 4.78 is 0. The van der Waals surface area contributed by atoms with Gasteiger partial charge in [-0.3, -0.25) is 0 Å². The van der Waals surface area contributed by atoms with Crippen molar-refractivity contribution in [1.82, 2.24) is 0 Å². The Morgan fingerprint density at radius 1 is 1.33 bits per heavy atom. The number of hydrogen-bond acceptors (Lipinski definition) is 1. The Morgan fingerprint density at radius 2 is 2.00 bits per heavy atom. The summed E-state index contributed by atoms with van der Waals surface area (Å²) in [6, 6.07) is 0. The number of carboxylic acids is 1. The molecule has 0 aliphatic heterocycles. The number of carbonyl (C=O) groups is 1. The van der Waals surface area contributed by atoms with E-state index in [1.807, 2.05) is 0 Å². The third-order valence-electron chi connectivity index (χ3n) is 1.09. The quantitative estimate of drug-likeness (QED) is 0.513. The molecule has 2 nitrogen and oxygen atoms in total. The average Bonchev–Trinajstić information content (AvgIpc) is 1.80. The normalized spacial score (nSPS) is 9.44. The van der Waals surface area contributed by atoms with Crippen molar-refractivity contribution in [3.05, 3.63) is 0 Å². The standard InChI is InChI=1S/C6H13AsO2/c7-5-3-1-2-4-6(8)9/h1-5,7H2,(H,8,9). The van der Waals surface area contributed by atoms with E-state index in [1.54, 1.807) is 16.9 Å². The molecule has 0 saturated heterocycles. The second-order valence-corrected chi connectivity index (χ2v) is 3.20. The second kappa shape index (κ2) is 6.15. The van der Waals surface area contributed by atoms with Crippen LogP contribution >= 0.6 is 0 Å². The van der Waals surface area contributed by atoms with E-state index < -0.39 is 5.97 Å². The molecule has 0 fully saturated rings. The van der Waals surface area contributed by atoms with Gasteiger partial charge in [0, 0.05) is 0 Å². The molecule has 0 radical (unpaired) electrons. The molecule has 1 unspecified atom stereocenters. The number of hydrogen-bond donors (Lipinski definition) is 1. The predicted molar refractivity (Wildman–Crippen MR) is 39.5 cm³/mol. The first-order chi connectivity index (χ1) is 4.27. The zero-order valence-corrected chi connectivity index (χ0v) is 7.89. The Balaban J connectivity index is 2.83. The number of unbranched alkanes of at least 4 members (excludes halogenated alkanes) is 2. The Morgan fingerprint density at radius 3 is 2.44 bits per heavy atom. The fraction of sp³-hybridized carbons (Fsp3) is 0.833. The molecule has 3 heteroatoms. The van der Waals surface area contributed by atoms with Gasteiger partial charge >= 0.3 is 63.6 Å². The number of aliphatic carboxylic acids is 1. The molecule has 0 aromatic rings. The Kier molecular flexibility index (Phi) is 6.17. The van der Waals surface area contributed by atoms with Crippen LogP contribution in [0, 0.1) is 0 Å². The number of rotatable bonds is 5. The Bertz CT molecular complexity index is 83.1. The van der Waals surface area contributed by atoms with Crippen molar-refractivity contribution in [2.75, 3.05) is 0 Å². The molecule has 0 aromatic heterocycles. The van der Waals surface area contributed by atoms with Crippen LogP contribution in [-0.2, 0) is 4.79 Å². The molecular formula is C6H13AsO2. The van der Waals surface area contributed by atoms with E-state index in [9.17, 15) is 4.79 Å². The van der Waals surface area contributed by atoms with Gasteiger partial charge < -0.3 is 0 Å². The first-order valence-electron chi connectivity index (χ1n) is 3.19. The van der Waals surface area contributed by atoms with Crippen molar-refractivity contribution in [3.63, 3.8) is 0 Å². The van der Waals surface area contributed by atoms with E-state index in [1.165, 1.54) is 11.6 Å². The van der Waals surface area contributed by atoms with Crippen LogP contribution in [0.2, 0.25) is 5.21 Å². The zero-order valence-electron chi connectivity index (χ0n) is 5.47. The van der Waals surface area contributed by atoms with Crippen LogP contribution in [-0.4, -0.2) is 27.9 Å². The van der Waals surface area contributed by atoms with Crippen molar-refractivity contribution in [2.24, 2.45) is 0 Å². The fourth-order valence-corrected chi connectivity index (χ4v) is 1.20. The zero-order chi connectivity index (χ0) is 7.11. The summed E-state index contributed by atoms with van der Waals surface area (Å²) >= 11 is 1.73. The maximum atomic E-state index is 9.97. The molecule has 0 aliphatic carbocycles. The predicted octanol–water partition coefficient (Wildman–Crippen LogP) is 0.683. The Hall–Kier alpha value is 0.0284.